The van der Waals surface area contributed by atoms with Gasteiger partial charge in [0, 0.05) is 11.3 Å². The van der Waals surface area contributed by atoms with Crippen LogP contribution in [0.3, 0.4) is 0 Å². The van der Waals surface area contributed by atoms with E-state index in [2.05, 4.69) is 15.5 Å². The van der Waals surface area contributed by atoms with Crippen LogP contribution < -0.4 is 14.8 Å². The molecule has 1 aliphatic rings. The maximum atomic E-state index is 12.3. The van der Waals surface area contributed by atoms with Crippen molar-refractivity contribution < 1.29 is 18.7 Å². The molecule has 7 nitrogen and oxygen atoms in total. The Balaban J connectivity index is 1.42. The average Bonchev–Trinajstić information content (AvgIpc) is 3.31. The van der Waals surface area contributed by atoms with E-state index < -0.39 is 0 Å². The molecule has 0 fully saturated rings. The average molecular weight is 369 g/mol. The van der Waals surface area contributed by atoms with Gasteiger partial charge in [-0.1, -0.05) is 30.0 Å². The van der Waals surface area contributed by atoms with Crippen LogP contribution in [0.1, 0.15) is 6.92 Å². The SMILES string of the molecule is C[C@@H](Sc1nnc(-c2ccc3c(c2)OCO3)o1)C(=O)Nc1ccccc1. The zero-order valence-corrected chi connectivity index (χ0v) is 14.7. The maximum absolute atomic E-state index is 12.3. The van der Waals surface area contributed by atoms with Gasteiger partial charge in [-0.3, -0.25) is 4.79 Å². The molecule has 132 valence electrons. The van der Waals surface area contributed by atoms with Crippen LogP contribution in [0, 0.1) is 0 Å². The van der Waals surface area contributed by atoms with E-state index in [1.807, 2.05) is 36.4 Å². The third-order valence-corrected chi connectivity index (χ3v) is 4.65. The highest BCUT2D eigenvalue weighted by Gasteiger charge is 2.20. The summed E-state index contributed by atoms with van der Waals surface area (Å²) in [5, 5.41) is 10.8. The van der Waals surface area contributed by atoms with Crippen molar-refractivity contribution in [2.24, 2.45) is 0 Å². The van der Waals surface area contributed by atoms with E-state index in [-0.39, 0.29) is 18.0 Å². The van der Waals surface area contributed by atoms with Gasteiger partial charge in [-0.2, -0.15) is 0 Å². The first kappa shape index (κ1) is 16.5. The number of amides is 1. The molecule has 0 saturated heterocycles. The van der Waals surface area contributed by atoms with E-state index in [0.29, 0.717) is 22.6 Å². The smallest absolute Gasteiger partial charge is 0.277 e. The summed E-state index contributed by atoms with van der Waals surface area (Å²) in [5.41, 5.74) is 1.48. The summed E-state index contributed by atoms with van der Waals surface area (Å²) in [6.45, 7) is 1.99. The maximum Gasteiger partial charge on any atom is 0.277 e. The Hall–Kier alpha value is -3.00. The lowest BCUT2D eigenvalue weighted by atomic mass is 10.2. The van der Waals surface area contributed by atoms with Gasteiger partial charge in [0.1, 0.15) is 0 Å². The molecule has 0 saturated carbocycles. The summed E-state index contributed by atoms with van der Waals surface area (Å²) in [7, 11) is 0. The summed E-state index contributed by atoms with van der Waals surface area (Å²) in [6, 6.07) is 14.7. The predicted octanol–water partition coefficient (Wildman–Crippen LogP) is 3.58. The fraction of sp³-hybridized carbons (Fsp3) is 0.167. The van der Waals surface area contributed by atoms with E-state index in [0.717, 1.165) is 11.3 Å². The second-order valence-electron chi connectivity index (χ2n) is 5.56. The second-order valence-corrected chi connectivity index (χ2v) is 6.85. The van der Waals surface area contributed by atoms with E-state index >= 15 is 0 Å². The van der Waals surface area contributed by atoms with Gasteiger partial charge in [0.15, 0.2) is 11.5 Å². The van der Waals surface area contributed by atoms with Crippen molar-refractivity contribution in [1.82, 2.24) is 10.2 Å². The number of carbonyl (C=O) groups excluding carboxylic acids is 1. The molecule has 1 amide bonds. The van der Waals surface area contributed by atoms with Gasteiger partial charge in [0.2, 0.25) is 18.6 Å². The standard InChI is InChI=1S/C18H15N3O4S/c1-11(16(22)19-13-5-3-2-4-6-13)26-18-21-20-17(25-18)12-7-8-14-15(9-12)24-10-23-14/h2-9,11H,10H2,1H3,(H,19,22)/t11-/m1/s1. The largest absolute Gasteiger partial charge is 0.454 e. The Morgan fingerprint density at radius 1 is 1.12 bits per heavy atom. The van der Waals surface area contributed by atoms with Crippen molar-refractivity contribution in [2.45, 2.75) is 17.4 Å². The molecule has 2 aromatic carbocycles. The Kier molecular flexibility index (Phi) is 4.49. The minimum atomic E-state index is -0.389. The first-order valence-corrected chi connectivity index (χ1v) is 8.83. The predicted molar refractivity (Wildman–Crippen MR) is 96.2 cm³/mol. The Labute approximate surface area is 153 Å². The molecule has 0 unspecified atom stereocenters. The molecule has 1 atom stereocenters. The Bertz CT molecular complexity index is 929. The minimum absolute atomic E-state index is 0.135. The van der Waals surface area contributed by atoms with Crippen LogP contribution in [0.5, 0.6) is 11.5 Å². The fourth-order valence-corrected chi connectivity index (χ4v) is 3.06. The topological polar surface area (TPSA) is 86.5 Å². The van der Waals surface area contributed by atoms with Crippen molar-refractivity contribution in [3.8, 4) is 23.0 Å². The number of thioether (sulfide) groups is 1. The monoisotopic (exact) mass is 369 g/mol. The lowest BCUT2D eigenvalue weighted by molar-refractivity contribution is -0.115. The number of carbonyl (C=O) groups is 1. The summed E-state index contributed by atoms with van der Waals surface area (Å²) in [4.78, 5) is 12.3. The number of fused-ring (bicyclic) bond motifs is 1. The van der Waals surface area contributed by atoms with E-state index in [1.165, 1.54) is 11.8 Å². The van der Waals surface area contributed by atoms with Crippen LogP contribution in [0.2, 0.25) is 0 Å². The molecular formula is C18H15N3O4S. The first-order valence-electron chi connectivity index (χ1n) is 7.95. The number of nitrogens with one attached hydrogen (secondary N) is 1. The second kappa shape index (κ2) is 7.09. The van der Waals surface area contributed by atoms with Crippen molar-refractivity contribution in [2.75, 3.05) is 12.1 Å². The molecule has 0 bridgehead atoms. The number of rotatable bonds is 5. The molecule has 2 heterocycles. The van der Waals surface area contributed by atoms with Crippen LogP contribution in [0.25, 0.3) is 11.5 Å². The number of nitrogens with zero attached hydrogens (tertiary/aromatic N) is 2. The molecule has 0 aliphatic carbocycles. The summed E-state index contributed by atoms with van der Waals surface area (Å²) in [6.07, 6.45) is 0. The lowest BCUT2D eigenvalue weighted by Crippen LogP contribution is -2.22. The van der Waals surface area contributed by atoms with E-state index in [1.54, 1.807) is 19.1 Å². The van der Waals surface area contributed by atoms with Crippen molar-refractivity contribution >= 4 is 23.4 Å². The third kappa shape index (κ3) is 3.50. The van der Waals surface area contributed by atoms with Gasteiger partial charge in [-0.05, 0) is 37.3 Å². The third-order valence-electron chi connectivity index (χ3n) is 3.71. The highest BCUT2D eigenvalue weighted by Crippen LogP contribution is 2.36. The van der Waals surface area contributed by atoms with E-state index in [4.69, 9.17) is 13.9 Å². The highest BCUT2D eigenvalue weighted by atomic mass is 32.2. The molecule has 1 aliphatic heterocycles. The van der Waals surface area contributed by atoms with Crippen molar-refractivity contribution in [3.63, 3.8) is 0 Å². The normalized spacial score (nSPS) is 13.4. The zero-order valence-electron chi connectivity index (χ0n) is 13.8. The van der Waals surface area contributed by atoms with Crippen LogP contribution in [0.4, 0.5) is 5.69 Å². The summed E-state index contributed by atoms with van der Waals surface area (Å²) >= 11 is 1.20. The number of ether oxygens (including phenoxy) is 2. The number of hydrogen-bond donors (Lipinski definition) is 1. The van der Waals surface area contributed by atoms with Crippen LogP contribution >= 0.6 is 11.8 Å². The molecule has 1 aromatic heterocycles. The first-order chi connectivity index (χ1) is 12.7. The van der Waals surface area contributed by atoms with Crippen molar-refractivity contribution in [1.29, 1.82) is 0 Å². The van der Waals surface area contributed by atoms with Gasteiger partial charge >= 0.3 is 0 Å². The lowest BCUT2D eigenvalue weighted by Gasteiger charge is -2.09. The zero-order chi connectivity index (χ0) is 17.9. The number of para-hydroxylation sites is 1. The fourth-order valence-electron chi connectivity index (χ4n) is 2.37. The highest BCUT2D eigenvalue weighted by molar-refractivity contribution is 8.00. The van der Waals surface area contributed by atoms with Crippen molar-refractivity contribution in [3.05, 3.63) is 48.5 Å². The molecular weight excluding hydrogens is 354 g/mol. The molecule has 26 heavy (non-hydrogen) atoms. The molecule has 4 rings (SSSR count). The van der Waals surface area contributed by atoms with Crippen LogP contribution in [-0.2, 0) is 4.79 Å². The summed E-state index contributed by atoms with van der Waals surface area (Å²) < 4.78 is 16.3. The van der Waals surface area contributed by atoms with Gasteiger partial charge in [0.05, 0.1) is 5.25 Å². The number of hydrogen-bond acceptors (Lipinski definition) is 7. The molecule has 8 heteroatoms. The quantitative estimate of drug-likeness (QED) is 0.688. The number of benzene rings is 2. The summed E-state index contributed by atoms with van der Waals surface area (Å²) in [5.74, 6) is 1.56. The van der Waals surface area contributed by atoms with Gasteiger partial charge in [0.25, 0.3) is 5.22 Å². The van der Waals surface area contributed by atoms with Crippen LogP contribution in [0.15, 0.2) is 58.2 Å². The van der Waals surface area contributed by atoms with Gasteiger partial charge < -0.3 is 19.2 Å². The number of aromatic nitrogens is 2. The molecule has 3 aromatic rings. The van der Waals surface area contributed by atoms with E-state index in [9.17, 15) is 4.79 Å². The van der Waals surface area contributed by atoms with Gasteiger partial charge in [-0.15, -0.1) is 10.2 Å². The Morgan fingerprint density at radius 3 is 2.77 bits per heavy atom. The molecule has 1 N–H and O–H groups in total. The minimum Gasteiger partial charge on any atom is -0.454 e. The molecule has 0 radical (unpaired) electrons. The molecule has 0 spiro atoms. The Morgan fingerprint density at radius 2 is 1.92 bits per heavy atom. The van der Waals surface area contributed by atoms with Gasteiger partial charge in [-0.25, -0.2) is 0 Å². The van der Waals surface area contributed by atoms with Crippen LogP contribution in [-0.4, -0.2) is 28.1 Å². The number of anilines is 1.